The van der Waals surface area contributed by atoms with Crippen molar-refractivity contribution in [2.75, 3.05) is 12.4 Å². The van der Waals surface area contributed by atoms with E-state index in [0.717, 1.165) is 6.07 Å². The third-order valence-electron chi connectivity index (χ3n) is 2.56. The van der Waals surface area contributed by atoms with E-state index in [0.29, 0.717) is 31.7 Å². The van der Waals surface area contributed by atoms with Crippen molar-refractivity contribution in [1.82, 2.24) is 0 Å². The van der Waals surface area contributed by atoms with Crippen molar-refractivity contribution >= 4 is 24.4 Å². The normalized spacial score (nSPS) is 11.7. The maximum absolute atomic E-state index is 13.3. The number of hydrogen-bond acceptors (Lipinski definition) is 3. The largest absolute Gasteiger partial charge is 0.490 e. The van der Waals surface area contributed by atoms with Crippen LogP contribution in [0.15, 0.2) is 17.0 Å². The molecule has 0 saturated heterocycles. The predicted molar refractivity (Wildman–Crippen MR) is 76.1 cm³/mol. The topological polar surface area (TPSA) is 9.23 Å². The van der Waals surface area contributed by atoms with Gasteiger partial charge in [0.05, 0.1) is 6.61 Å². The molecule has 8 heteroatoms. The number of thioether (sulfide) groups is 1. The molecule has 0 bridgehead atoms. The summed E-state index contributed by atoms with van der Waals surface area (Å²) in [4.78, 5) is -0.00410. The molecule has 0 spiro atoms. The van der Waals surface area contributed by atoms with Crippen molar-refractivity contribution in [3.05, 3.63) is 23.8 Å². The summed E-state index contributed by atoms with van der Waals surface area (Å²) in [5, 5.41) is 0. The number of halogens is 5. The van der Waals surface area contributed by atoms with Gasteiger partial charge in [-0.3, -0.25) is 0 Å². The highest BCUT2D eigenvalue weighted by atomic mass is 32.2. The van der Waals surface area contributed by atoms with Crippen molar-refractivity contribution in [2.45, 2.75) is 36.1 Å². The molecule has 0 heterocycles. The van der Waals surface area contributed by atoms with Crippen molar-refractivity contribution in [1.29, 1.82) is 0 Å². The highest BCUT2D eigenvalue weighted by molar-refractivity contribution is 8.00. The minimum absolute atomic E-state index is 0.00410. The maximum Gasteiger partial charge on any atom is 0.441 e. The molecule has 120 valence electrons. The van der Waals surface area contributed by atoms with Gasteiger partial charge in [0.15, 0.2) is 11.6 Å². The van der Waals surface area contributed by atoms with Gasteiger partial charge in [-0.25, -0.2) is 8.78 Å². The molecule has 1 aromatic carbocycles. The number of hydrogen-bond donors (Lipinski definition) is 1. The molecule has 0 aromatic heterocycles. The fourth-order valence-corrected chi connectivity index (χ4v) is 2.32. The van der Waals surface area contributed by atoms with Gasteiger partial charge in [0, 0.05) is 16.7 Å². The molecule has 0 fully saturated rings. The Hall–Kier alpha value is -0.630. The van der Waals surface area contributed by atoms with Crippen LogP contribution in [0.25, 0.3) is 0 Å². The number of ether oxygens (including phenoxy) is 1. The molecule has 0 amide bonds. The molecule has 0 aliphatic heterocycles. The number of unbranched alkanes of at least 4 members (excludes halogenated alkanes) is 3. The fraction of sp³-hybridized carbons (Fsp3) is 0.538. The first-order valence-electron chi connectivity index (χ1n) is 6.31. The maximum atomic E-state index is 13.3. The van der Waals surface area contributed by atoms with Gasteiger partial charge in [0.2, 0.25) is 0 Å². The first-order valence-corrected chi connectivity index (χ1v) is 7.74. The van der Waals surface area contributed by atoms with Crippen LogP contribution in [0.5, 0.6) is 5.75 Å². The van der Waals surface area contributed by atoms with Crippen LogP contribution in [0.2, 0.25) is 0 Å². The molecular weight excluding hydrogens is 331 g/mol. The Morgan fingerprint density at radius 2 is 1.67 bits per heavy atom. The van der Waals surface area contributed by atoms with Crippen LogP contribution < -0.4 is 4.74 Å². The molecule has 0 aliphatic carbocycles. The van der Waals surface area contributed by atoms with E-state index in [9.17, 15) is 22.0 Å². The molecule has 0 saturated carbocycles. The van der Waals surface area contributed by atoms with Crippen LogP contribution in [0.3, 0.4) is 0 Å². The molecule has 0 unspecified atom stereocenters. The summed E-state index contributed by atoms with van der Waals surface area (Å²) >= 11 is 3.80. The lowest BCUT2D eigenvalue weighted by Crippen LogP contribution is -2.02. The van der Waals surface area contributed by atoms with Crippen molar-refractivity contribution in [2.24, 2.45) is 0 Å². The Morgan fingerprint density at radius 3 is 2.33 bits per heavy atom. The smallest absolute Gasteiger partial charge is 0.441 e. The second kappa shape index (κ2) is 8.73. The molecular formula is C13H15F5OS2. The summed E-state index contributed by atoms with van der Waals surface area (Å²) in [5.41, 5.74) is -4.17. The quantitative estimate of drug-likeness (QED) is 0.381. The number of thiol groups is 1. The average molecular weight is 346 g/mol. The molecule has 1 rings (SSSR count). The Bertz CT molecular complexity index is 451. The van der Waals surface area contributed by atoms with Gasteiger partial charge in [-0.05, 0) is 18.9 Å². The van der Waals surface area contributed by atoms with Crippen LogP contribution in [0, 0.1) is 11.6 Å². The third kappa shape index (κ3) is 7.80. The predicted octanol–water partition coefficient (Wildman–Crippen LogP) is 5.45. The molecule has 21 heavy (non-hydrogen) atoms. The summed E-state index contributed by atoms with van der Waals surface area (Å²) in [5.74, 6) is -1.59. The van der Waals surface area contributed by atoms with E-state index in [4.69, 9.17) is 4.74 Å². The third-order valence-corrected chi connectivity index (χ3v) is 3.73. The molecule has 0 atom stereocenters. The lowest BCUT2D eigenvalue weighted by molar-refractivity contribution is -0.0328. The van der Waals surface area contributed by atoms with Crippen LogP contribution in [-0.4, -0.2) is 17.9 Å². The van der Waals surface area contributed by atoms with E-state index in [-0.39, 0.29) is 34.8 Å². The van der Waals surface area contributed by atoms with Gasteiger partial charge in [-0.1, -0.05) is 24.6 Å². The van der Waals surface area contributed by atoms with Crippen LogP contribution >= 0.6 is 24.4 Å². The lowest BCUT2D eigenvalue weighted by Gasteiger charge is -2.08. The fourth-order valence-electron chi connectivity index (χ4n) is 1.56. The monoisotopic (exact) mass is 346 g/mol. The zero-order chi connectivity index (χ0) is 15.9. The lowest BCUT2D eigenvalue weighted by atomic mass is 10.2. The summed E-state index contributed by atoms with van der Waals surface area (Å²) < 4.78 is 67.0. The summed E-state index contributed by atoms with van der Waals surface area (Å²) in [6.07, 6.45) is 2.40. The molecule has 1 aromatic rings. The van der Waals surface area contributed by atoms with Gasteiger partial charge >= 0.3 is 5.51 Å². The first-order chi connectivity index (χ1) is 9.79. The second-order valence-corrected chi connectivity index (χ2v) is 5.93. The highest BCUT2D eigenvalue weighted by Crippen LogP contribution is 2.30. The Kier molecular flexibility index (Phi) is 7.65. The van der Waals surface area contributed by atoms with Gasteiger partial charge < -0.3 is 4.74 Å². The van der Waals surface area contributed by atoms with Crippen molar-refractivity contribution in [3.63, 3.8) is 0 Å². The van der Waals surface area contributed by atoms with E-state index in [1.807, 2.05) is 0 Å². The van der Waals surface area contributed by atoms with Gasteiger partial charge in [-0.15, -0.1) is 12.6 Å². The van der Waals surface area contributed by atoms with E-state index < -0.39 is 17.1 Å². The van der Waals surface area contributed by atoms with Crippen LogP contribution in [0.1, 0.15) is 25.7 Å². The first kappa shape index (κ1) is 18.4. The SMILES string of the molecule is Fc1cc(F)c(OCCCCCCSC(F)(F)F)cc1S. The molecule has 0 N–H and O–H groups in total. The Labute approximate surface area is 129 Å². The minimum Gasteiger partial charge on any atom is -0.490 e. The van der Waals surface area contributed by atoms with Gasteiger partial charge in [-0.2, -0.15) is 13.2 Å². The van der Waals surface area contributed by atoms with E-state index in [1.165, 1.54) is 0 Å². The molecule has 1 nitrogen and oxygen atoms in total. The zero-order valence-corrected chi connectivity index (χ0v) is 12.8. The number of rotatable bonds is 8. The standard InChI is InChI=1S/C13H15F5OS2/c14-9-7-10(15)12(20)8-11(9)19-5-3-1-2-4-6-21-13(16,17)18/h7-8,20H,1-6H2. The van der Waals surface area contributed by atoms with Crippen LogP contribution in [0.4, 0.5) is 22.0 Å². The molecule has 0 radical (unpaired) electrons. The van der Waals surface area contributed by atoms with Gasteiger partial charge in [0.25, 0.3) is 0 Å². The zero-order valence-electron chi connectivity index (χ0n) is 11.1. The van der Waals surface area contributed by atoms with Gasteiger partial charge in [0.1, 0.15) is 5.82 Å². The van der Waals surface area contributed by atoms with E-state index in [2.05, 4.69) is 12.6 Å². The summed E-state index contributed by atoms with van der Waals surface area (Å²) in [6.45, 7) is 0.224. The van der Waals surface area contributed by atoms with E-state index >= 15 is 0 Å². The van der Waals surface area contributed by atoms with Crippen molar-refractivity contribution in [3.8, 4) is 5.75 Å². The average Bonchev–Trinajstić information content (AvgIpc) is 2.37. The second-order valence-electron chi connectivity index (χ2n) is 4.29. The summed E-state index contributed by atoms with van der Waals surface area (Å²) in [6, 6.07) is 1.86. The Balaban J connectivity index is 2.14. The number of alkyl halides is 3. The Morgan fingerprint density at radius 1 is 1.00 bits per heavy atom. The summed E-state index contributed by atoms with van der Waals surface area (Å²) in [7, 11) is 0. The minimum atomic E-state index is -4.17. The van der Waals surface area contributed by atoms with E-state index in [1.54, 1.807) is 0 Å². The molecule has 0 aliphatic rings. The van der Waals surface area contributed by atoms with Crippen molar-refractivity contribution < 1.29 is 26.7 Å². The number of benzene rings is 1. The highest BCUT2D eigenvalue weighted by Gasteiger charge is 2.27. The van der Waals surface area contributed by atoms with Crippen LogP contribution in [-0.2, 0) is 0 Å².